The molecule has 2 rings (SSSR count). The predicted molar refractivity (Wildman–Crippen MR) is 80.6 cm³/mol. The van der Waals surface area contributed by atoms with Crippen LogP contribution in [0.15, 0.2) is 28.7 Å². The molecule has 0 saturated heterocycles. The summed E-state index contributed by atoms with van der Waals surface area (Å²) in [5.41, 5.74) is 0.428. The van der Waals surface area contributed by atoms with Crippen LogP contribution in [0.4, 0.5) is 5.88 Å². The van der Waals surface area contributed by atoms with Gasteiger partial charge in [0.05, 0.1) is 6.26 Å². The molecule has 1 aromatic heterocycles. The topological polar surface area (TPSA) is 106 Å². The van der Waals surface area contributed by atoms with Crippen LogP contribution >= 0.6 is 11.6 Å². The zero-order valence-corrected chi connectivity index (χ0v) is 13.2. The van der Waals surface area contributed by atoms with Crippen molar-refractivity contribution in [2.24, 2.45) is 0 Å². The lowest BCUT2D eigenvalue weighted by Crippen LogP contribution is -2.11. The fourth-order valence-corrected chi connectivity index (χ4v) is 2.28. The number of hydrogen-bond acceptors (Lipinski definition) is 6. The molecular formula is C13H12ClNO6S. The molecule has 0 aliphatic carbocycles. The highest BCUT2D eigenvalue weighted by atomic mass is 35.5. The maximum Gasteiger partial charge on any atom is 0.308 e. The van der Waals surface area contributed by atoms with Crippen molar-refractivity contribution < 1.29 is 27.5 Å². The van der Waals surface area contributed by atoms with E-state index in [-0.39, 0.29) is 11.6 Å². The lowest BCUT2D eigenvalue weighted by Gasteiger charge is -2.02. The number of hydrogen-bond donors (Lipinski definition) is 2. The molecule has 9 heteroatoms. The molecule has 2 N–H and O–H groups in total. The normalized spacial score (nSPS) is 11.2. The first-order valence-corrected chi connectivity index (χ1v) is 8.22. The van der Waals surface area contributed by atoms with Gasteiger partial charge in [-0.2, -0.15) is 0 Å². The summed E-state index contributed by atoms with van der Waals surface area (Å²) in [4.78, 5) is 11.1. The van der Waals surface area contributed by atoms with Gasteiger partial charge in [-0.25, -0.2) is 8.42 Å². The van der Waals surface area contributed by atoms with E-state index in [0.29, 0.717) is 10.6 Å². The molecule has 0 aliphatic rings. The van der Waals surface area contributed by atoms with Crippen LogP contribution in [0.5, 0.6) is 11.5 Å². The molecule has 2 aromatic rings. The maximum atomic E-state index is 11.3. The van der Waals surface area contributed by atoms with Gasteiger partial charge in [-0.15, -0.1) is 0 Å². The Balaban J connectivity index is 2.56. The van der Waals surface area contributed by atoms with E-state index in [1.807, 2.05) is 4.72 Å². The smallest absolute Gasteiger partial charge is 0.308 e. The van der Waals surface area contributed by atoms with E-state index in [4.69, 9.17) is 20.8 Å². The highest BCUT2D eigenvalue weighted by molar-refractivity contribution is 7.92. The van der Waals surface area contributed by atoms with Crippen molar-refractivity contribution in [1.82, 2.24) is 0 Å². The third-order valence-electron chi connectivity index (χ3n) is 2.47. The number of carbonyl (C=O) groups excluding carboxylic acids is 1. The van der Waals surface area contributed by atoms with Crippen molar-refractivity contribution >= 4 is 33.5 Å². The number of sulfonamides is 1. The number of rotatable bonds is 4. The van der Waals surface area contributed by atoms with Crippen molar-refractivity contribution in [3.8, 4) is 22.8 Å². The van der Waals surface area contributed by atoms with Crippen molar-refractivity contribution in [2.45, 2.75) is 6.92 Å². The van der Waals surface area contributed by atoms with Crippen LogP contribution in [0, 0.1) is 0 Å². The van der Waals surface area contributed by atoms with Gasteiger partial charge in [0.15, 0.2) is 5.76 Å². The summed E-state index contributed by atoms with van der Waals surface area (Å²) in [6.07, 6.45) is 0.895. The fourth-order valence-electron chi connectivity index (χ4n) is 1.68. The van der Waals surface area contributed by atoms with E-state index in [1.165, 1.54) is 0 Å². The second-order valence-electron chi connectivity index (χ2n) is 4.41. The predicted octanol–water partition coefficient (Wildman–Crippen LogP) is 2.60. The molecule has 0 atom stereocenters. The molecule has 0 spiro atoms. The van der Waals surface area contributed by atoms with Crippen molar-refractivity contribution in [1.29, 1.82) is 0 Å². The third kappa shape index (κ3) is 3.71. The van der Waals surface area contributed by atoms with Crippen molar-refractivity contribution in [2.75, 3.05) is 11.0 Å². The average Bonchev–Trinajstić information content (AvgIpc) is 2.66. The molecule has 0 bridgehead atoms. The summed E-state index contributed by atoms with van der Waals surface area (Å²) < 4.78 is 34.8. The van der Waals surface area contributed by atoms with Gasteiger partial charge < -0.3 is 14.3 Å². The van der Waals surface area contributed by atoms with Crippen molar-refractivity contribution in [3.05, 3.63) is 29.3 Å². The summed E-state index contributed by atoms with van der Waals surface area (Å²) in [5, 5.41) is 10.6. The summed E-state index contributed by atoms with van der Waals surface area (Å²) in [6.45, 7) is 1.11. The van der Waals surface area contributed by atoms with Crippen LogP contribution in [-0.2, 0) is 14.8 Å². The number of furan rings is 1. The van der Waals surface area contributed by atoms with Gasteiger partial charge >= 0.3 is 5.97 Å². The zero-order chi connectivity index (χ0) is 16.5. The number of nitrogens with one attached hydrogen (secondary N) is 1. The van der Waals surface area contributed by atoms with Gasteiger partial charge in [0, 0.05) is 17.5 Å². The first kappa shape index (κ1) is 16.2. The Morgan fingerprint density at radius 2 is 1.91 bits per heavy atom. The summed E-state index contributed by atoms with van der Waals surface area (Å²) >= 11 is 5.78. The molecular weight excluding hydrogens is 334 g/mol. The maximum absolute atomic E-state index is 11.3. The van der Waals surface area contributed by atoms with Gasteiger partial charge in [0.25, 0.3) is 5.88 Å². The number of halogens is 1. The summed E-state index contributed by atoms with van der Waals surface area (Å²) in [6, 6.07) is 6.24. The molecule has 0 aliphatic heterocycles. The Kier molecular flexibility index (Phi) is 4.34. The molecule has 1 heterocycles. The largest absolute Gasteiger partial charge is 0.502 e. The van der Waals surface area contributed by atoms with Crippen LogP contribution in [0.3, 0.4) is 0 Å². The molecule has 0 fully saturated rings. The van der Waals surface area contributed by atoms with Gasteiger partial charge in [0.2, 0.25) is 21.5 Å². The molecule has 7 nitrogen and oxygen atoms in total. The molecule has 1 aromatic carbocycles. The number of carbonyl (C=O) groups is 1. The van der Waals surface area contributed by atoms with E-state index in [2.05, 4.69) is 0 Å². The number of aromatic hydroxyl groups is 1. The fraction of sp³-hybridized carbons (Fsp3) is 0.154. The Labute approximate surface area is 131 Å². The van der Waals surface area contributed by atoms with Crippen LogP contribution < -0.4 is 9.46 Å². The lowest BCUT2D eigenvalue weighted by molar-refractivity contribution is -0.131. The number of ether oxygens (including phenoxy) is 1. The standard InChI is InChI=1S/C13H12ClNO6S/c1-7(16)20-12-10(17)11(8-3-5-9(14)6-4-8)21-13(12)15-22(2,18)19/h3-6,15,17H,1-2H3. The van der Waals surface area contributed by atoms with Crippen LogP contribution in [0.1, 0.15) is 6.92 Å². The van der Waals surface area contributed by atoms with E-state index in [9.17, 15) is 18.3 Å². The summed E-state index contributed by atoms with van der Waals surface area (Å²) in [7, 11) is -3.70. The molecule has 118 valence electrons. The monoisotopic (exact) mass is 345 g/mol. The van der Waals surface area contributed by atoms with Gasteiger partial charge in [-0.1, -0.05) is 11.6 Å². The van der Waals surface area contributed by atoms with Gasteiger partial charge in [-0.05, 0) is 24.3 Å². The molecule has 0 unspecified atom stereocenters. The van der Waals surface area contributed by atoms with Crippen LogP contribution in [0.2, 0.25) is 5.02 Å². The first-order valence-electron chi connectivity index (χ1n) is 5.95. The average molecular weight is 346 g/mol. The van der Waals surface area contributed by atoms with Crippen LogP contribution in [-0.4, -0.2) is 25.7 Å². The van der Waals surface area contributed by atoms with E-state index in [1.54, 1.807) is 24.3 Å². The van der Waals surface area contributed by atoms with E-state index in [0.717, 1.165) is 13.2 Å². The third-order valence-corrected chi connectivity index (χ3v) is 3.28. The van der Waals surface area contributed by atoms with Gasteiger partial charge in [-0.3, -0.25) is 9.52 Å². The highest BCUT2D eigenvalue weighted by Gasteiger charge is 2.26. The molecule has 22 heavy (non-hydrogen) atoms. The SMILES string of the molecule is CC(=O)Oc1c(NS(C)(=O)=O)oc(-c2ccc(Cl)cc2)c1O. The Morgan fingerprint density at radius 3 is 2.41 bits per heavy atom. The number of benzene rings is 1. The zero-order valence-electron chi connectivity index (χ0n) is 11.6. The minimum absolute atomic E-state index is 0.0564. The summed E-state index contributed by atoms with van der Waals surface area (Å²) in [5.74, 6) is -2.08. The second-order valence-corrected chi connectivity index (χ2v) is 6.60. The minimum atomic E-state index is -3.70. The second kappa shape index (κ2) is 5.90. The van der Waals surface area contributed by atoms with E-state index >= 15 is 0 Å². The van der Waals surface area contributed by atoms with Crippen molar-refractivity contribution in [3.63, 3.8) is 0 Å². The van der Waals surface area contributed by atoms with Crippen LogP contribution in [0.25, 0.3) is 11.3 Å². The highest BCUT2D eigenvalue weighted by Crippen LogP contribution is 2.46. The Morgan fingerprint density at radius 1 is 1.32 bits per heavy atom. The van der Waals surface area contributed by atoms with Gasteiger partial charge in [0.1, 0.15) is 0 Å². The Hall–Kier alpha value is -2.19. The Bertz CT molecular complexity index is 810. The molecule has 0 radical (unpaired) electrons. The molecule has 0 saturated carbocycles. The van der Waals surface area contributed by atoms with E-state index < -0.39 is 27.5 Å². The lowest BCUT2D eigenvalue weighted by atomic mass is 10.1. The quantitative estimate of drug-likeness (QED) is 0.825. The number of anilines is 1. The minimum Gasteiger partial charge on any atom is -0.502 e. The number of esters is 1. The first-order chi connectivity index (χ1) is 10.2. The molecule has 0 amide bonds.